The Morgan fingerprint density at radius 1 is 1.10 bits per heavy atom. The van der Waals surface area contributed by atoms with Crippen molar-refractivity contribution in [1.82, 2.24) is 4.48 Å². The van der Waals surface area contributed by atoms with Crippen LogP contribution in [0.4, 0.5) is 5.69 Å². The maximum Gasteiger partial charge on any atom is 0.136 e. The third-order valence-electron chi connectivity index (χ3n) is 5.57. The van der Waals surface area contributed by atoms with E-state index in [0.717, 1.165) is 16.7 Å². The number of hydrogen-bond donors (Lipinski definition) is 0. The van der Waals surface area contributed by atoms with Crippen LogP contribution in [0.2, 0.25) is 0 Å². The van der Waals surface area contributed by atoms with Crippen molar-refractivity contribution >= 4 is 5.69 Å². The number of para-hydroxylation sites is 1. The number of nitrogens with zero attached hydrogens (tertiary/aromatic N) is 1. The minimum atomic E-state index is 0.514. The van der Waals surface area contributed by atoms with Crippen LogP contribution in [0.3, 0.4) is 0 Å². The van der Waals surface area contributed by atoms with Crippen molar-refractivity contribution in [2.45, 2.75) is 25.3 Å². The van der Waals surface area contributed by atoms with Crippen LogP contribution in [0, 0.1) is 6.92 Å². The number of aryl methyl sites for hydroxylation is 1. The molecule has 0 saturated heterocycles. The van der Waals surface area contributed by atoms with Gasteiger partial charge in [-0.2, -0.15) is 0 Å². The summed E-state index contributed by atoms with van der Waals surface area (Å²) in [6.07, 6.45) is 1.16. The number of rotatable bonds is 1. The number of benzene rings is 2. The highest BCUT2D eigenvalue weighted by atomic mass is 16.5. The van der Waals surface area contributed by atoms with E-state index in [2.05, 4.69) is 57.4 Å². The molecular weight excluding hydrogens is 258 g/mol. The maximum absolute atomic E-state index is 5.50. The Labute approximate surface area is 126 Å². The number of fused-ring (bicyclic) bond motifs is 5. The van der Waals surface area contributed by atoms with Gasteiger partial charge in [0.15, 0.2) is 0 Å². The second-order valence-corrected chi connectivity index (χ2v) is 6.86. The van der Waals surface area contributed by atoms with Crippen LogP contribution >= 0.6 is 0 Å². The molecule has 1 heterocycles. The molecule has 0 aromatic heterocycles. The normalized spacial score (nSPS) is 24.4. The Hall–Kier alpha value is -1.80. The van der Waals surface area contributed by atoms with Gasteiger partial charge in [0.2, 0.25) is 0 Å². The lowest BCUT2D eigenvalue weighted by Crippen LogP contribution is -2.47. The van der Waals surface area contributed by atoms with Gasteiger partial charge in [-0.05, 0) is 41.8 Å². The summed E-state index contributed by atoms with van der Waals surface area (Å²) in [6, 6.07) is 14.0. The standard InChI is InChI=1S/C19H22NO/c1-12-9-13(21-4)10-16-15(12)11-18-19(16)14-7-5-6-8-17(14)20(18,2)3/h5-10,18-19H,11H2,1-4H3/q+1/t18-,19+/m1/s1. The molecule has 4 rings (SSSR count). The Morgan fingerprint density at radius 2 is 1.86 bits per heavy atom. The van der Waals surface area contributed by atoms with Gasteiger partial charge in [-0.1, -0.05) is 18.2 Å². The molecule has 0 bridgehead atoms. The molecule has 2 nitrogen and oxygen atoms in total. The Kier molecular flexibility index (Phi) is 2.52. The molecule has 0 radical (unpaired) electrons. The minimum absolute atomic E-state index is 0.514. The van der Waals surface area contributed by atoms with Crippen molar-refractivity contribution in [2.24, 2.45) is 0 Å². The lowest BCUT2D eigenvalue weighted by Gasteiger charge is -2.31. The average Bonchev–Trinajstić information content (AvgIpc) is 2.96. The van der Waals surface area contributed by atoms with Gasteiger partial charge in [0, 0.05) is 12.0 Å². The minimum Gasteiger partial charge on any atom is -0.497 e. The molecule has 21 heavy (non-hydrogen) atoms. The van der Waals surface area contributed by atoms with Crippen molar-refractivity contribution in [1.29, 1.82) is 0 Å². The monoisotopic (exact) mass is 280 g/mol. The highest BCUT2D eigenvalue weighted by Crippen LogP contribution is 2.53. The van der Waals surface area contributed by atoms with Gasteiger partial charge in [0.25, 0.3) is 0 Å². The van der Waals surface area contributed by atoms with Crippen LogP contribution < -0.4 is 9.22 Å². The first-order chi connectivity index (χ1) is 10.0. The third kappa shape index (κ3) is 1.57. The molecule has 108 valence electrons. The van der Waals surface area contributed by atoms with Crippen LogP contribution in [-0.4, -0.2) is 27.2 Å². The van der Waals surface area contributed by atoms with Gasteiger partial charge in [-0.3, -0.25) is 4.48 Å². The number of hydrogen-bond acceptors (Lipinski definition) is 1. The first-order valence-corrected chi connectivity index (χ1v) is 7.64. The number of quaternary nitrogens is 1. The second kappa shape index (κ2) is 4.11. The molecule has 0 spiro atoms. The van der Waals surface area contributed by atoms with E-state index in [1.54, 1.807) is 7.11 Å². The van der Waals surface area contributed by atoms with Crippen LogP contribution in [-0.2, 0) is 6.42 Å². The van der Waals surface area contributed by atoms with Crippen molar-refractivity contribution in [3.8, 4) is 5.75 Å². The van der Waals surface area contributed by atoms with Crippen molar-refractivity contribution < 1.29 is 4.74 Å². The van der Waals surface area contributed by atoms with Crippen LogP contribution in [0.1, 0.15) is 28.2 Å². The fourth-order valence-electron chi connectivity index (χ4n) is 4.45. The molecule has 2 aliphatic rings. The molecule has 0 N–H and O–H groups in total. The molecule has 0 amide bonds. The molecule has 2 atom stereocenters. The van der Waals surface area contributed by atoms with Gasteiger partial charge in [0.05, 0.1) is 27.1 Å². The predicted octanol–water partition coefficient (Wildman–Crippen LogP) is 3.64. The summed E-state index contributed by atoms with van der Waals surface area (Å²) in [4.78, 5) is 0. The molecule has 2 aromatic rings. The van der Waals surface area contributed by atoms with E-state index in [9.17, 15) is 0 Å². The van der Waals surface area contributed by atoms with Gasteiger partial charge >= 0.3 is 0 Å². The van der Waals surface area contributed by atoms with Gasteiger partial charge < -0.3 is 4.74 Å². The van der Waals surface area contributed by atoms with Crippen LogP contribution in [0.5, 0.6) is 5.75 Å². The Balaban J connectivity index is 1.96. The van der Waals surface area contributed by atoms with E-state index in [0.29, 0.717) is 12.0 Å². The molecule has 0 saturated carbocycles. The zero-order chi connectivity index (χ0) is 14.8. The Morgan fingerprint density at radius 3 is 2.62 bits per heavy atom. The molecular formula is C19H22NO+. The molecule has 1 aliphatic heterocycles. The first-order valence-electron chi connectivity index (χ1n) is 7.64. The highest BCUT2D eigenvalue weighted by Gasteiger charge is 2.52. The molecule has 0 unspecified atom stereocenters. The quantitative estimate of drug-likeness (QED) is 0.725. The summed E-state index contributed by atoms with van der Waals surface area (Å²) in [7, 11) is 6.46. The van der Waals surface area contributed by atoms with E-state index >= 15 is 0 Å². The van der Waals surface area contributed by atoms with Gasteiger partial charge in [-0.25, -0.2) is 0 Å². The van der Waals surface area contributed by atoms with Crippen molar-refractivity contribution in [3.63, 3.8) is 0 Å². The SMILES string of the molecule is COc1cc(C)c2c(c1)[C@@H]1c3ccccc3[N+](C)(C)[C@@H]1C2. The largest absolute Gasteiger partial charge is 0.497 e. The number of ether oxygens (including phenoxy) is 1. The van der Waals surface area contributed by atoms with E-state index in [4.69, 9.17) is 4.74 Å². The van der Waals surface area contributed by atoms with Crippen LogP contribution in [0.15, 0.2) is 36.4 Å². The number of likely N-dealkylation sites (N-methyl/N-ethyl adjacent to an activating group) is 1. The Bertz CT molecular complexity index is 732. The molecule has 2 heteroatoms. The predicted molar refractivity (Wildman–Crippen MR) is 87.2 cm³/mol. The molecule has 1 aliphatic carbocycles. The van der Waals surface area contributed by atoms with E-state index in [1.807, 2.05) is 0 Å². The third-order valence-corrected chi connectivity index (χ3v) is 5.57. The first kappa shape index (κ1) is 12.9. The molecule has 2 aromatic carbocycles. The smallest absolute Gasteiger partial charge is 0.136 e. The fraction of sp³-hybridized carbons (Fsp3) is 0.368. The summed E-state index contributed by atoms with van der Waals surface area (Å²) in [6.45, 7) is 2.22. The van der Waals surface area contributed by atoms with E-state index in [1.165, 1.54) is 27.9 Å². The average molecular weight is 280 g/mol. The lowest BCUT2D eigenvalue weighted by molar-refractivity contribution is 0.311. The zero-order valence-corrected chi connectivity index (χ0v) is 13.2. The van der Waals surface area contributed by atoms with Crippen molar-refractivity contribution in [3.05, 3.63) is 58.7 Å². The van der Waals surface area contributed by atoms with Gasteiger partial charge in [0.1, 0.15) is 17.5 Å². The zero-order valence-electron chi connectivity index (χ0n) is 13.2. The second-order valence-electron chi connectivity index (χ2n) is 6.86. The van der Waals surface area contributed by atoms with Crippen LogP contribution in [0.25, 0.3) is 0 Å². The maximum atomic E-state index is 5.50. The summed E-state index contributed by atoms with van der Waals surface area (Å²) >= 11 is 0. The van der Waals surface area contributed by atoms with Crippen molar-refractivity contribution in [2.75, 3.05) is 21.2 Å². The highest BCUT2D eigenvalue weighted by molar-refractivity contribution is 5.65. The number of methoxy groups -OCH3 is 1. The molecule has 0 fully saturated rings. The van der Waals surface area contributed by atoms with E-state index < -0.39 is 0 Å². The van der Waals surface area contributed by atoms with Gasteiger partial charge in [-0.15, -0.1) is 0 Å². The summed E-state index contributed by atoms with van der Waals surface area (Å²) in [5.41, 5.74) is 7.35. The topological polar surface area (TPSA) is 9.23 Å². The summed E-state index contributed by atoms with van der Waals surface area (Å²) < 4.78 is 6.49. The fourth-order valence-corrected chi connectivity index (χ4v) is 4.45. The van der Waals surface area contributed by atoms with E-state index in [-0.39, 0.29) is 0 Å². The summed E-state index contributed by atoms with van der Waals surface area (Å²) in [5, 5.41) is 0. The lowest BCUT2D eigenvalue weighted by atomic mass is 9.92. The summed E-state index contributed by atoms with van der Waals surface area (Å²) in [5.74, 6) is 1.50.